The van der Waals surface area contributed by atoms with E-state index in [-0.39, 0.29) is 6.61 Å². The summed E-state index contributed by atoms with van der Waals surface area (Å²) in [5.41, 5.74) is 0. The Morgan fingerprint density at radius 3 is 1.84 bits per heavy atom. The molecular formula is C11H18O8. The van der Waals surface area contributed by atoms with E-state index < -0.39 is 42.8 Å². The third-order valence-corrected chi connectivity index (χ3v) is 1.85. The van der Waals surface area contributed by atoms with Crippen LogP contribution in [-0.2, 0) is 28.6 Å². The Morgan fingerprint density at radius 1 is 0.947 bits per heavy atom. The van der Waals surface area contributed by atoms with Crippen molar-refractivity contribution in [3.8, 4) is 0 Å². The van der Waals surface area contributed by atoms with Gasteiger partial charge < -0.3 is 24.4 Å². The summed E-state index contributed by atoms with van der Waals surface area (Å²) in [6.45, 7) is 2.87. The van der Waals surface area contributed by atoms with Gasteiger partial charge in [0.05, 0.1) is 0 Å². The predicted molar refractivity (Wildman–Crippen MR) is 60.8 cm³/mol. The normalized spacial score (nSPS) is 15.0. The second-order valence-electron chi connectivity index (χ2n) is 3.84. The average Bonchev–Trinajstić information content (AvgIpc) is 2.31. The minimum atomic E-state index is -1.35. The van der Waals surface area contributed by atoms with E-state index in [4.69, 9.17) is 14.9 Å². The molecule has 19 heavy (non-hydrogen) atoms. The quantitative estimate of drug-likeness (QED) is 0.438. The first-order valence-corrected chi connectivity index (χ1v) is 5.60. The third kappa shape index (κ3) is 8.11. The summed E-state index contributed by atoms with van der Waals surface area (Å²) in [5.74, 6) is -2.44. The molecule has 1 unspecified atom stereocenters. The van der Waals surface area contributed by atoms with E-state index in [1.54, 1.807) is 0 Å². The molecule has 0 fully saturated rings. The first kappa shape index (κ1) is 17.3. The largest absolute Gasteiger partial charge is 0.462 e. The number of ether oxygens (including phenoxy) is 3. The maximum Gasteiger partial charge on any atom is 0.335 e. The molecule has 8 nitrogen and oxygen atoms in total. The Morgan fingerprint density at radius 2 is 1.42 bits per heavy atom. The number of carbonyl (C=O) groups is 3. The smallest absolute Gasteiger partial charge is 0.335 e. The van der Waals surface area contributed by atoms with Crippen molar-refractivity contribution in [2.45, 2.75) is 39.1 Å². The highest BCUT2D eigenvalue weighted by Gasteiger charge is 2.22. The molecule has 110 valence electrons. The topological polar surface area (TPSA) is 119 Å². The molecule has 0 aromatic heterocycles. The maximum atomic E-state index is 11.2. The van der Waals surface area contributed by atoms with Gasteiger partial charge in [0.15, 0.2) is 6.10 Å². The lowest BCUT2D eigenvalue weighted by Gasteiger charge is -2.18. The zero-order chi connectivity index (χ0) is 15.0. The van der Waals surface area contributed by atoms with Crippen molar-refractivity contribution in [1.82, 2.24) is 0 Å². The van der Waals surface area contributed by atoms with Gasteiger partial charge in [-0.1, -0.05) is 0 Å². The molecule has 2 N–H and O–H groups in total. The number of rotatable bonds is 7. The van der Waals surface area contributed by atoms with Crippen molar-refractivity contribution >= 4 is 17.9 Å². The number of carbonyl (C=O) groups excluding carboxylic acids is 3. The van der Waals surface area contributed by atoms with Crippen LogP contribution >= 0.6 is 0 Å². The molecule has 0 saturated carbocycles. The fourth-order valence-corrected chi connectivity index (χ4v) is 0.885. The van der Waals surface area contributed by atoms with Crippen molar-refractivity contribution in [1.29, 1.82) is 0 Å². The molecule has 0 heterocycles. The van der Waals surface area contributed by atoms with Crippen LogP contribution < -0.4 is 0 Å². The summed E-state index contributed by atoms with van der Waals surface area (Å²) in [7, 11) is 0. The van der Waals surface area contributed by atoms with Crippen LogP contribution in [0.3, 0.4) is 0 Å². The van der Waals surface area contributed by atoms with Gasteiger partial charge in [-0.05, 0) is 13.8 Å². The van der Waals surface area contributed by atoms with Gasteiger partial charge in [0.1, 0.15) is 25.4 Å². The van der Waals surface area contributed by atoms with Crippen LogP contribution in [0.15, 0.2) is 0 Å². The molecule has 0 bridgehead atoms. The second-order valence-corrected chi connectivity index (χ2v) is 3.84. The Bertz CT molecular complexity index is 323. The molecule has 0 aliphatic rings. The van der Waals surface area contributed by atoms with Gasteiger partial charge in [-0.25, -0.2) is 9.59 Å². The van der Waals surface area contributed by atoms with Crippen molar-refractivity contribution in [3.05, 3.63) is 0 Å². The summed E-state index contributed by atoms with van der Waals surface area (Å²) < 4.78 is 14.0. The van der Waals surface area contributed by atoms with Gasteiger partial charge in [0.25, 0.3) is 0 Å². The fourth-order valence-electron chi connectivity index (χ4n) is 0.885. The van der Waals surface area contributed by atoms with E-state index in [9.17, 15) is 14.4 Å². The standard InChI is InChI=1S/C11H18O8/c1-6(12)10(15)18-5-9(4-17-8(3)14)19-11(16)7(2)13/h6-7,9,12-13H,4-5H2,1-3H3/t6-,7-,9?/m0/s1. The molecule has 0 radical (unpaired) electrons. The van der Waals surface area contributed by atoms with Crippen LogP contribution in [0.4, 0.5) is 0 Å². The minimum absolute atomic E-state index is 0.319. The molecule has 0 aromatic rings. The third-order valence-electron chi connectivity index (χ3n) is 1.85. The molecule has 0 aromatic carbocycles. The van der Waals surface area contributed by atoms with Gasteiger partial charge in [0, 0.05) is 6.92 Å². The molecule has 3 atom stereocenters. The lowest BCUT2D eigenvalue weighted by atomic mass is 10.3. The predicted octanol–water partition coefficient (Wildman–Crippen LogP) is -1.23. The molecule has 0 saturated heterocycles. The van der Waals surface area contributed by atoms with Gasteiger partial charge in [-0.3, -0.25) is 4.79 Å². The second kappa shape index (κ2) is 8.44. The Kier molecular flexibility index (Phi) is 7.69. The highest BCUT2D eigenvalue weighted by atomic mass is 16.6. The Labute approximate surface area is 110 Å². The van der Waals surface area contributed by atoms with Gasteiger partial charge in [0.2, 0.25) is 0 Å². The van der Waals surface area contributed by atoms with E-state index in [0.717, 1.165) is 6.92 Å². The number of esters is 3. The molecule has 0 spiro atoms. The molecule has 0 aliphatic heterocycles. The molecule has 0 rings (SSSR count). The average molecular weight is 278 g/mol. The van der Waals surface area contributed by atoms with Crippen LogP contribution in [0.1, 0.15) is 20.8 Å². The summed E-state index contributed by atoms with van der Waals surface area (Å²) in [5, 5.41) is 17.9. The molecule has 0 aliphatic carbocycles. The van der Waals surface area contributed by atoms with Crippen LogP contribution in [0.2, 0.25) is 0 Å². The Hall–Kier alpha value is -1.67. The maximum absolute atomic E-state index is 11.2. The van der Waals surface area contributed by atoms with Gasteiger partial charge in [-0.2, -0.15) is 0 Å². The molecular weight excluding hydrogens is 260 g/mol. The van der Waals surface area contributed by atoms with E-state index in [1.807, 2.05) is 0 Å². The summed E-state index contributed by atoms with van der Waals surface area (Å²) >= 11 is 0. The summed E-state index contributed by atoms with van der Waals surface area (Å²) in [4.78, 5) is 32.9. The van der Waals surface area contributed by atoms with Gasteiger partial charge in [-0.15, -0.1) is 0 Å². The highest BCUT2D eigenvalue weighted by molar-refractivity contribution is 5.74. The number of hydrogen-bond donors (Lipinski definition) is 2. The van der Waals surface area contributed by atoms with Crippen LogP contribution in [0.25, 0.3) is 0 Å². The van der Waals surface area contributed by atoms with Crippen LogP contribution in [0, 0.1) is 0 Å². The van der Waals surface area contributed by atoms with Crippen molar-refractivity contribution in [3.63, 3.8) is 0 Å². The van der Waals surface area contributed by atoms with Gasteiger partial charge >= 0.3 is 17.9 Å². The number of aliphatic hydroxyl groups is 2. The van der Waals surface area contributed by atoms with E-state index in [0.29, 0.717) is 0 Å². The van der Waals surface area contributed by atoms with E-state index in [2.05, 4.69) is 9.47 Å². The van der Waals surface area contributed by atoms with Crippen molar-refractivity contribution < 1.29 is 38.8 Å². The zero-order valence-corrected chi connectivity index (χ0v) is 11.0. The van der Waals surface area contributed by atoms with E-state index in [1.165, 1.54) is 13.8 Å². The van der Waals surface area contributed by atoms with E-state index >= 15 is 0 Å². The monoisotopic (exact) mass is 278 g/mol. The molecule has 0 amide bonds. The van der Waals surface area contributed by atoms with Crippen molar-refractivity contribution in [2.24, 2.45) is 0 Å². The van der Waals surface area contributed by atoms with Crippen LogP contribution in [-0.4, -0.2) is 59.6 Å². The zero-order valence-electron chi connectivity index (χ0n) is 11.0. The molecule has 8 heteroatoms. The summed E-state index contributed by atoms with van der Waals surface area (Å²) in [6, 6.07) is 0. The summed E-state index contributed by atoms with van der Waals surface area (Å²) in [6.07, 6.45) is -3.72. The van der Waals surface area contributed by atoms with Crippen LogP contribution in [0.5, 0.6) is 0 Å². The Balaban J connectivity index is 4.36. The first-order valence-electron chi connectivity index (χ1n) is 5.60. The SMILES string of the molecule is CC(=O)OCC(COC(=O)[C@H](C)O)OC(=O)[C@H](C)O. The first-order chi connectivity index (χ1) is 8.73. The lowest BCUT2D eigenvalue weighted by molar-refractivity contribution is -0.173. The highest BCUT2D eigenvalue weighted by Crippen LogP contribution is 2.00. The number of hydrogen-bond acceptors (Lipinski definition) is 8. The fraction of sp³-hybridized carbons (Fsp3) is 0.727. The minimum Gasteiger partial charge on any atom is -0.462 e. The lowest BCUT2D eigenvalue weighted by Crippen LogP contribution is -2.35. The number of aliphatic hydroxyl groups excluding tert-OH is 2. The van der Waals surface area contributed by atoms with Crippen molar-refractivity contribution in [2.75, 3.05) is 13.2 Å².